The second-order valence-electron chi connectivity index (χ2n) is 10.1. The second kappa shape index (κ2) is 9.97. The van der Waals surface area contributed by atoms with Crippen molar-refractivity contribution in [3.63, 3.8) is 0 Å². The SMILES string of the molecule is CCCOc1ccc(/C(O)=C2/C(=O)C(=O)N(c3ccccn3)C2c2ccc(C(C)(C)C)cc2)cc1C. The van der Waals surface area contributed by atoms with Crippen molar-refractivity contribution in [2.45, 2.75) is 52.5 Å². The van der Waals surface area contributed by atoms with Crippen LogP contribution in [0.4, 0.5) is 5.82 Å². The largest absolute Gasteiger partial charge is 0.507 e. The van der Waals surface area contributed by atoms with E-state index in [1.54, 1.807) is 42.6 Å². The molecule has 1 aliphatic rings. The van der Waals surface area contributed by atoms with Crippen molar-refractivity contribution in [3.8, 4) is 5.75 Å². The van der Waals surface area contributed by atoms with E-state index in [1.807, 2.05) is 38.1 Å². The van der Waals surface area contributed by atoms with Gasteiger partial charge in [0.25, 0.3) is 5.78 Å². The molecule has 2 heterocycles. The summed E-state index contributed by atoms with van der Waals surface area (Å²) < 4.78 is 5.75. The summed E-state index contributed by atoms with van der Waals surface area (Å²) in [7, 11) is 0. The first-order valence-corrected chi connectivity index (χ1v) is 12.2. The molecule has 36 heavy (non-hydrogen) atoms. The number of benzene rings is 2. The van der Waals surface area contributed by atoms with E-state index in [2.05, 4.69) is 25.8 Å². The zero-order chi connectivity index (χ0) is 26.0. The highest BCUT2D eigenvalue weighted by atomic mass is 16.5. The summed E-state index contributed by atoms with van der Waals surface area (Å²) in [6.45, 7) is 10.9. The Morgan fingerprint density at radius 1 is 1.06 bits per heavy atom. The van der Waals surface area contributed by atoms with Crippen molar-refractivity contribution in [3.05, 3.63) is 94.7 Å². The third-order valence-electron chi connectivity index (χ3n) is 6.34. The van der Waals surface area contributed by atoms with Gasteiger partial charge in [-0.3, -0.25) is 14.5 Å². The maximum absolute atomic E-state index is 13.3. The van der Waals surface area contributed by atoms with E-state index < -0.39 is 17.7 Å². The lowest BCUT2D eigenvalue weighted by Gasteiger charge is -2.26. The molecular formula is C30H32N2O4. The molecule has 1 unspecified atom stereocenters. The van der Waals surface area contributed by atoms with E-state index in [0.29, 0.717) is 23.6 Å². The number of aliphatic hydroxyl groups is 1. The maximum Gasteiger partial charge on any atom is 0.301 e. The van der Waals surface area contributed by atoms with Gasteiger partial charge in [0.1, 0.15) is 17.3 Å². The van der Waals surface area contributed by atoms with Gasteiger partial charge in [-0.05, 0) is 65.8 Å². The zero-order valence-electron chi connectivity index (χ0n) is 21.4. The lowest BCUT2D eigenvalue weighted by molar-refractivity contribution is -0.132. The number of ether oxygens (including phenoxy) is 1. The third kappa shape index (κ3) is 4.76. The van der Waals surface area contributed by atoms with Gasteiger partial charge >= 0.3 is 5.91 Å². The van der Waals surface area contributed by atoms with Crippen LogP contribution >= 0.6 is 0 Å². The van der Waals surface area contributed by atoms with E-state index in [-0.39, 0.29) is 16.7 Å². The number of ketones is 1. The Hall–Kier alpha value is -3.93. The van der Waals surface area contributed by atoms with Crippen LogP contribution in [0.15, 0.2) is 72.4 Å². The van der Waals surface area contributed by atoms with Crippen LogP contribution in [0.1, 0.15) is 62.4 Å². The highest BCUT2D eigenvalue weighted by Crippen LogP contribution is 2.42. The van der Waals surface area contributed by atoms with E-state index in [9.17, 15) is 14.7 Å². The predicted molar refractivity (Wildman–Crippen MR) is 141 cm³/mol. The molecule has 0 saturated carbocycles. The van der Waals surface area contributed by atoms with E-state index in [1.165, 1.54) is 4.90 Å². The minimum atomic E-state index is -0.815. The molecule has 6 nitrogen and oxygen atoms in total. The van der Waals surface area contributed by atoms with Gasteiger partial charge in [-0.15, -0.1) is 0 Å². The van der Waals surface area contributed by atoms with Crippen molar-refractivity contribution < 1.29 is 19.4 Å². The number of pyridine rings is 1. The summed E-state index contributed by atoms with van der Waals surface area (Å²) in [4.78, 5) is 32.3. The zero-order valence-corrected chi connectivity index (χ0v) is 21.4. The molecule has 2 aromatic carbocycles. The Kier molecular flexibility index (Phi) is 6.97. The minimum absolute atomic E-state index is 0.0378. The molecule has 1 amide bonds. The number of amides is 1. The van der Waals surface area contributed by atoms with E-state index in [0.717, 1.165) is 23.3 Å². The normalized spacial score (nSPS) is 17.5. The van der Waals surface area contributed by atoms with E-state index >= 15 is 0 Å². The van der Waals surface area contributed by atoms with Crippen LogP contribution in [-0.4, -0.2) is 28.4 Å². The number of nitrogens with zero attached hydrogens (tertiary/aromatic N) is 2. The highest BCUT2D eigenvalue weighted by Gasteiger charge is 2.47. The molecule has 1 fully saturated rings. The van der Waals surface area contributed by atoms with E-state index in [4.69, 9.17) is 4.74 Å². The fraction of sp³-hybridized carbons (Fsp3) is 0.300. The number of aliphatic hydroxyl groups excluding tert-OH is 1. The van der Waals surface area contributed by atoms with Gasteiger partial charge in [-0.2, -0.15) is 0 Å². The van der Waals surface area contributed by atoms with Gasteiger partial charge in [-0.1, -0.05) is 58.0 Å². The molecule has 1 atom stereocenters. The number of aromatic nitrogens is 1. The van der Waals surface area contributed by atoms with Crippen LogP contribution < -0.4 is 9.64 Å². The number of hydrogen-bond acceptors (Lipinski definition) is 5. The first-order chi connectivity index (χ1) is 17.1. The molecule has 0 radical (unpaired) electrons. The molecule has 0 bridgehead atoms. The van der Waals surface area contributed by atoms with Gasteiger partial charge in [0, 0.05) is 11.8 Å². The van der Waals surface area contributed by atoms with Gasteiger partial charge in [0.15, 0.2) is 0 Å². The summed E-state index contributed by atoms with van der Waals surface area (Å²) in [5.41, 5.74) is 3.11. The number of anilines is 1. The summed E-state index contributed by atoms with van der Waals surface area (Å²) >= 11 is 0. The van der Waals surface area contributed by atoms with Crippen molar-refractivity contribution in [1.29, 1.82) is 0 Å². The summed E-state index contributed by atoms with van der Waals surface area (Å²) in [6.07, 6.45) is 2.46. The fourth-order valence-corrected chi connectivity index (χ4v) is 4.37. The summed E-state index contributed by atoms with van der Waals surface area (Å²) in [6, 6.07) is 17.5. The van der Waals surface area contributed by atoms with Crippen molar-refractivity contribution in [2.24, 2.45) is 0 Å². The maximum atomic E-state index is 13.3. The minimum Gasteiger partial charge on any atom is -0.507 e. The molecule has 1 N–H and O–H groups in total. The number of carbonyl (C=O) groups excluding carboxylic acids is 2. The van der Waals surface area contributed by atoms with Gasteiger partial charge in [0.2, 0.25) is 0 Å². The Morgan fingerprint density at radius 2 is 1.78 bits per heavy atom. The lowest BCUT2D eigenvalue weighted by atomic mass is 9.85. The Bertz CT molecular complexity index is 1310. The molecule has 3 aromatic rings. The molecule has 186 valence electrons. The van der Waals surface area contributed by atoms with Gasteiger partial charge in [0.05, 0.1) is 18.2 Å². The molecule has 0 spiro atoms. The van der Waals surface area contributed by atoms with Crippen LogP contribution in [0.3, 0.4) is 0 Å². The Balaban J connectivity index is 1.87. The standard InChI is InChI=1S/C30H32N2O4/c1-6-17-36-23-15-12-21(18-19(23)2)27(33)25-26(20-10-13-22(14-11-20)30(3,4)5)32(29(35)28(25)34)24-9-7-8-16-31-24/h7-16,18,26,33H,6,17H2,1-5H3/b27-25-. The first-order valence-electron chi connectivity index (χ1n) is 12.2. The average Bonchev–Trinajstić information content (AvgIpc) is 3.13. The molecule has 1 aromatic heterocycles. The summed E-state index contributed by atoms with van der Waals surface area (Å²) in [5.74, 6) is -0.617. The molecule has 1 saturated heterocycles. The molecular weight excluding hydrogens is 452 g/mol. The Labute approximate surface area is 212 Å². The van der Waals surface area contributed by atoms with Crippen molar-refractivity contribution in [2.75, 3.05) is 11.5 Å². The summed E-state index contributed by atoms with van der Waals surface area (Å²) in [5, 5.41) is 11.4. The predicted octanol–water partition coefficient (Wildman–Crippen LogP) is 6.10. The second-order valence-corrected chi connectivity index (χ2v) is 10.1. The smallest absolute Gasteiger partial charge is 0.301 e. The fourth-order valence-electron chi connectivity index (χ4n) is 4.37. The molecule has 1 aliphatic heterocycles. The topological polar surface area (TPSA) is 79.7 Å². The number of carbonyl (C=O) groups is 2. The van der Waals surface area contributed by atoms with Gasteiger partial charge < -0.3 is 9.84 Å². The highest BCUT2D eigenvalue weighted by molar-refractivity contribution is 6.51. The third-order valence-corrected chi connectivity index (χ3v) is 6.34. The Morgan fingerprint density at radius 3 is 2.36 bits per heavy atom. The average molecular weight is 485 g/mol. The van der Waals surface area contributed by atoms with Gasteiger partial charge in [-0.25, -0.2) is 4.98 Å². The van der Waals surface area contributed by atoms with Crippen LogP contribution in [0.25, 0.3) is 5.76 Å². The van der Waals surface area contributed by atoms with Crippen LogP contribution in [0.2, 0.25) is 0 Å². The number of hydrogen-bond donors (Lipinski definition) is 1. The number of aryl methyl sites for hydroxylation is 1. The lowest BCUT2D eigenvalue weighted by Crippen LogP contribution is -2.30. The number of Topliss-reactive ketones (excluding diaryl/α,β-unsaturated/α-hetero) is 1. The first kappa shape index (κ1) is 25.2. The van der Waals surface area contributed by atoms with Crippen molar-refractivity contribution >= 4 is 23.3 Å². The molecule has 0 aliphatic carbocycles. The van der Waals surface area contributed by atoms with Crippen molar-refractivity contribution in [1.82, 2.24) is 4.98 Å². The van der Waals surface area contributed by atoms with Crippen LogP contribution in [0.5, 0.6) is 5.75 Å². The quantitative estimate of drug-likeness (QED) is 0.260. The van der Waals surface area contributed by atoms with Crippen LogP contribution in [0, 0.1) is 6.92 Å². The monoisotopic (exact) mass is 484 g/mol. The molecule has 6 heteroatoms. The van der Waals surface area contributed by atoms with Crippen LogP contribution in [-0.2, 0) is 15.0 Å². The molecule has 4 rings (SSSR count). The number of rotatable bonds is 6.